The summed E-state index contributed by atoms with van der Waals surface area (Å²) >= 11 is 0. The Labute approximate surface area is 150 Å². The van der Waals surface area contributed by atoms with E-state index >= 15 is 0 Å². The monoisotopic (exact) mass is 415 g/mol. The molecule has 2 atom stereocenters. The number of benzene rings is 1. The number of carboxylic acids is 2. The summed E-state index contributed by atoms with van der Waals surface area (Å²) < 4.78 is 58.1. The van der Waals surface area contributed by atoms with Crippen LogP contribution in [0, 0.1) is 0 Å². The molecule has 0 spiro atoms. The van der Waals surface area contributed by atoms with Crippen LogP contribution in [0.1, 0.15) is 12.0 Å². The number of carbonyl (C=O) groups is 2. The van der Waals surface area contributed by atoms with Crippen LogP contribution in [0.25, 0.3) is 0 Å². The number of rotatable bonds is 10. The van der Waals surface area contributed by atoms with Crippen molar-refractivity contribution >= 4 is 19.3 Å². The van der Waals surface area contributed by atoms with Gasteiger partial charge in [-0.2, -0.15) is 0 Å². The highest BCUT2D eigenvalue weighted by Gasteiger charge is 2.33. The molecule has 0 aliphatic heterocycles. The van der Waals surface area contributed by atoms with Gasteiger partial charge in [0.25, 0.3) is 0 Å². The zero-order valence-electron chi connectivity index (χ0n) is 13.7. The Bertz CT molecular complexity index is 740. The van der Waals surface area contributed by atoms with Gasteiger partial charge in [-0.25, -0.2) is 4.79 Å². The van der Waals surface area contributed by atoms with Crippen molar-refractivity contribution in [3.8, 4) is 11.5 Å². The molecule has 5 N–H and O–H groups in total. The van der Waals surface area contributed by atoms with E-state index in [0.717, 1.165) is 12.1 Å². The van der Waals surface area contributed by atoms with Crippen LogP contribution in [0.2, 0.25) is 0 Å². The number of nitrogens with two attached hydrogens (primary N) is 1. The first-order valence-electron chi connectivity index (χ1n) is 7.31. The van der Waals surface area contributed by atoms with Gasteiger partial charge < -0.3 is 30.3 Å². The molecular weight excluding hydrogens is 398 g/mol. The smallest absolute Gasteiger partial charge is 0.480 e. The number of carboxylic acid groups (broad SMARTS) is 2. The molecule has 1 rings (SSSR count). The van der Waals surface area contributed by atoms with E-state index < -0.39 is 62.1 Å². The van der Waals surface area contributed by atoms with E-state index in [4.69, 9.17) is 20.7 Å². The first kappa shape index (κ1) is 22.7. The molecule has 0 aliphatic carbocycles. The van der Waals surface area contributed by atoms with Crippen molar-refractivity contribution in [2.45, 2.75) is 25.0 Å². The summed E-state index contributed by atoms with van der Waals surface area (Å²) in [6, 6.07) is 1.59. The maximum absolute atomic E-state index is 12.5. The molecule has 152 valence electrons. The van der Waals surface area contributed by atoms with Crippen LogP contribution in [0.15, 0.2) is 18.2 Å². The molecule has 0 amide bonds. The van der Waals surface area contributed by atoms with Crippen molar-refractivity contribution in [1.82, 2.24) is 0 Å². The van der Waals surface area contributed by atoms with Crippen LogP contribution in [-0.2, 0) is 20.3 Å². The number of hydrogen-bond acceptors (Lipinski definition) is 6. The summed E-state index contributed by atoms with van der Waals surface area (Å²) in [7, 11) is -3.94. The SMILES string of the molecule is NC(CCP(=O)(O)Cc1ccc(OCC(=O)O)c(OC(F)(F)F)c1)C(=O)O. The number of halogens is 3. The molecule has 27 heavy (non-hydrogen) atoms. The highest BCUT2D eigenvalue weighted by molar-refractivity contribution is 7.57. The summed E-state index contributed by atoms with van der Waals surface area (Å²) in [4.78, 5) is 31.0. The zero-order valence-corrected chi connectivity index (χ0v) is 14.6. The largest absolute Gasteiger partial charge is 0.573 e. The van der Waals surface area contributed by atoms with E-state index in [1.807, 2.05) is 0 Å². The minimum absolute atomic E-state index is 0.0216. The average molecular weight is 415 g/mol. The van der Waals surface area contributed by atoms with Crippen LogP contribution in [0.5, 0.6) is 11.5 Å². The topological polar surface area (TPSA) is 156 Å². The molecular formula is C14H17F3NO8P. The molecule has 0 heterocycles. The third-order valence-corrected chi connectivity index (χ3v) is 4.94. The van der Waals surface area contributed by atoms with Gasteiger partial charge in [-0.1, -0.05) is 6.07 Å². The van der Waals surface area contributed by atoms with E-state index in [0.29, 0.717) is 0 Å². The zero-order chi connectivity index (χ0) is 20.8. The molecule has 1 aromatic rings. The van der Waals surface area contributed by atoms with E-state index in [1.54, 1.807) is 0 Å². The second-order valence-electron chi connectivity index (χ2n) is 5.47. The Morgan fingerprint density at radius 3 is 2.37 bits per heavy atom. The minimum Gasteiger partial charge on any atom is -0.480 e. The fourth-order valence-electron chi connectivity index (χ4n) is 1.94. The number of alkyl halides is 3. The van der Waals surface area contributed by atoms with Gasteiger partial charge in [0.15, 0.2) is 18.1 Å². The standard InChI is InChI=1S/C14H17F3NO8P/c15-14(16,17)26-11-5-8(1-2-10(11)25-6-12(19)20)7-27(23,24)4-3-9(18)13(21)22/h1-2,5,9H,3-4,6-7,18H2,(H,19,20)(H,21,22)(H,23,24). The van der Waals surface area contributed by atoms with E-state index in [2.05, 4.69) is 4.74 Å². The molecule has 0 radical (unpaired) electrons. The predicted octanol–water partition coefficient (Wildman–Crippen LogP) is 1.62. The van der Waals surface area contributed by atoms with Crippen LogP contribution in [0.3, 0.4) is 0 Å². The molecule has 0 aromatic heterocycles. The predicted molar refractivity (Wildman–Crippen MR) is 84.9 cm³/mol. The van der Waals surface area contributed by atoms with Gasteiger partial charge in [0.2, 0.25) is 7.37 Å². The number of ether oxygens (including phenoxy) is 2. The maximum Gasteiger partial charge on any atom is 0.573 e. The lowest BCUT2D eigenvalue weighted by Gasteiger charge is -2.16. The number of aliphatic carboxylic acids is 2. The lowest BCUT2D eigenvalue weighted by atomic mass is 10.2. The lowest BCUT2D eigenvalue weighted by molar-refractivity contribution is -0.275. The van der Waals surface area contributed by atoms with E-state index in [9.17, 15) is 32.2 Å². The lowest BCUT2D eigenvalue weighted by Crippen LogP contribution is -2.30. The van der Waals surface area contributed by atoms with Crippen LogP contribution < -0.4 is 15.2 Å². The van der Waals surface area contributed by atoms with Crippen molar-refractivity contribution in [1.29, 1.82) is 0 Å². The summed E-state index contributed by atoms with van der Waals surface area (Å²) in [5, 5.41) is 17.2. The van der Waals surface area contributed by atoms with Gasteiger partial charge in [-0.3, -0.25) is 9.36 Å². The van der Waals surface area contributed by atoms with Crippen molar-refractivity contribution < 1.29 is 51.9 Å². The summed E-state index contributed by atoms with van der Waals surface area (Å²) in [6.45, 7) is -0.918. The van der Waals surface area contributed by atoms with Gasteiger partial charge in [0.1, 0.15) is 6.04 Å². The Hall–Kier alpha value is -2.30. The van der Waals surface area contributed by atoms with Crippen molar-refractivity contribution in [2.75, 3.05) is 12.8 Å². The van der Waals surface area contributed by atoms with Gasteiger partial charge in [0.05, 0.1) is 0 Å². The molecule has 0 bridgehead atoms. The van der Waals surface area contributed by atoms with Crippen LogP contribution in [0.4, 0.5) is 13.2 Å². The Morgan fingerprint density at radius 2 is 1.85 bits per heavy atom. The van der Waals surface area contributed by atoms with Gasteiger partial charge in [-0.15, -0.1) is 13.2 Å². The quantitative estimate of drug-likeness (QED) is 0.417. The second-order valence-corrected chi connectivity index (χ2v) is 7.93. The summed E-state index contributed by atoms with van der Waals surface area (Å²) in [6.07, 6.45) is -6.41. The molecule has 1 aromatic carbocycles. The fourth-order valence-corrected chi connectivity index (χ4v) is 3.55. The van der Waals surface area contributed by atoms with Gasteiger partial charge in [0, 0.05) is 12.3 Å². The first-order valence-corrected chi connectivity index (χ1v) is 9.34. The van der Waals surface area contributed by atoms with Gasteiger partial charge in [-0.05, 0) is 24.1 Å². The van der Waals surface area contributed by atoms with Crippen molar-refractivity contribution in [2.24, 2.45) is 5.73 Å². The minimum atomic E-state index is -5.10. The van der Waals surface area contributed by atoms with E-state index in [-0.39, 0.29) is 12.0 Å². The summed E-state index contributed by atoms with van der Waals surface area (Å²) in [5.41, 5.74) is 5.23. The Morgan fingerprint density at radius 1 is 1.22 bits per heavy atom. The third kappa shape index (κ3) is 8.76. The molecule has 13 heteroatoms. The molecule has 9 nitrogen and oxygen atoms in total. The maximum atomic E-state index is 12.5. The van der Waals surface area contributed by atoms with Crippen molar-refractivity contribution in [3.63, 3.8) is 0 Å². The molecule has 0 fully saturated rings. The average Bonchev–Trinajstić information content (AvgIpc) is 2.49. The van der Waals surface area contributed by atoms with Gasteiger partial charge >= 0.3 is 18.3 Å². The number of hydrogen-bond donors (Lipinski definition) is 4. The normalized spacial score (nSPS) is 14.9. The van der Waals surface area contributed by atoms with E-state index in [1.165, 1.54) is 6.07 Å². The highest BCUT2D eigenvalue weighted by atomic mass is 31.2. The van der Waals surface area contributed by atoms with Crippen molar-refractivity contribution in [3.05, 3.63) is 23.8 Å². The van der Waals surface area contributed by atoms with Crippen LogP contribution >= 0.6 is 7.37 Å². The molecule has 0 saturated carbocycles. The fraction of sp³-hybridized carbons (Fsp3) is 0.429. The Balaban J connectivity index is 2.97. The molecule has 0 aliphatic rings. The van der Waals surface area contributed by atoms with Crippen LogP contribution in [-0.4, -0.2) is 52.2 Å². The molecule has 0 saturated heterocycles. The Kier molecular flexibility index (Phi) is 7.64. The third-order valence-electron chi connectivity index (χ3n) is 3.12. The summed E-state index contributed by atoms with van der Waals surface area (Å²) in [5.74, 6) is -4.16. The highest BCUT2D eigenvalue weighted by Crippen LogP contribution is 2.46. The second kappa shape index (κ2) is 9.07. The molecule has 2 unspecified atom stereocenters. The first-order chi connectivity index (χ1) is 12.3.